The maximum atomic E-state index is 12.0. The molecule has 1 aliphatic rings. The minimum absolute atomic E-state index is 0.0493. The van der Waals surface area contributed by atoms with Crippen LogP contribution in [0.25, 0.3) is 0 Å². The van der Waals surface area contributed by atoms with Crippen molar-refractivity contribution >= 4 is 10.1 Å². The van der Waals surface area contributed by atoms with Crippen LogP contribution in [0.3, 0.4) is 0 Å². The van der Waals surface area contributed by atoms with Gasteiger partial charge < -0.3 is 4.74 Å². The summed E-state index contributed by atoms with van der Waals surface area (Å²) in [4.78, 5) is 5.36. The lowest BCUT2D eigenvalue weighted by Crippen LogP contribution is -2.51. The number of aryl methyl sites for hydroxylation is 1. The fourth-order valence-electron chi connectivity index (χ4n) is 1.62. The first-order valence-corrected chi connectivity index (χ1v) is 7.73. The highest BCUT2D eigenvalue weighted by Crippen LogP contribution is 2.17. The van der Waals surface area contributed by atoms with Crippen molar-refractivity contribution in [2.75, 3.05) is 13.2 Å². The Morgan fingerprint density at radius 3 is 2.55 bits per heavy atom. The van der Waals surface area contributed by atoms with Gasteiger partial charge in [-0.1, -0.05) is 17.7 Å². The number of rotatable bonds is 4. The van der Waals surface area contributed by atoms with E-state index in [4.69, 9.17) is 13.8 Å². The van der Waals surface area contributed by atoms with E-state index in [2.05, 4.69) is 5.48 Å². The van der Waals surface area contributed by atoms with Crippen LogP contribution < -0.4 is 5.48 Å². The van der Waals surface area contributed by atoms with Crippen LogP contribution >= 0.6 is 0 Å². The Labute approximate surface area is 119 Å². The molecular weight excluding hydrogens is 282 g/mol. The smallest absolute Gasteiger partial charge is 0.297 e. The molecule has 0 aromatic heterocycles. The highest BCUT2D eigenvalue weighted by molar-refractivity contribution is 7.86. The summed E-state index contributed by atoms with van der Waals surface area (Å²) in [7, 11) is -3.76. The Kier molecular flexibility index (Phi) is 4.46. The van der Waals surface area contributed by atoms with Gasteiger partial charge in [-0.3, -0.25) is 9.02 Å². The molecule has 112 valence electrons. The lowest BCUT2D eigenvalue weighted by molar-refractivity contribution is -0.294. The van der Waals surface area contributed by atoms with Crippen molar-refractivity contribution in [3.8, 4) is 0 Å². The fourth-order valence-corrected chi connectivity index (χ4v) is 2.57. The maximum Gasteiger partial charge on any atom is 0.297 e. The molecule has 2 rings (SSSR count). The molecule has 1 N–H and O–H groups in total. The molecule has 1 aliphatic heterocycles. The van der Waals surface area contributed by atoms with Gasteiger partial charge in [0.25, 0.3) is 10.1 Å². The summed E-state index contributed by atoms with van der Waals surface area (Å²) < 4.78 is 34.4. The van der Waals surface area contributed by atoms with Gasteiger partial charge >= 0.3 is 0 Å². The number of hydrogen-bond acceptors (Lipinski definition) is 6. The zero-order valence-electron chi connectivity index (χ0n) is 11.8. The SMILES string of the molecule is Cc1ccc(S(=O)(=O)OCC2COC(C)(C)ON2)cc1. The summed E-state index contributed by atoms with van der Waals surface area (Å²) in [5, 5.41) is 0. The topological polar surface area (TPSA) is 73.9 Å². The molecule has 6 nitrogen and oxygen atoms in total. The van der Waals surface area contributed by atoms with Crippen LogP contribution in [0.15, 0.2) is 29.2 Å². The van der Waals surface area contributed by atoms with E-state index in [-0.39, 0.29) is 17.5 Å². The Morgan fingerprint density at radius 2 is 2.00 bits per heavy atom. The Hall–Kier alpha value is -0.990. The number of benzene rings is 1. The molecule has 0 aliphatic carbocycles. The van der Waals surface area contributed by atoms with Crippen molar-refractivity contribution in [1.29, 1.82) is 0 Å². The summed E-state index contributed by atoms with van der Waals surface area (Å²) in [5.41, 5.74) is 3.72. The standard InChI is InChI=1S/C13H19NO5S/c1-10-4-6-12(7-5-10)20(15,16)18-9-11-8-17-13(2,3)19-14-11/h4-7,11,14H,8-9H2,1-3H3. The molecule has 1 unspecified atom stereocenters. The zero-order chi connectivity index (χ0) is 14.8. The van der Waals surface area contributed by atoms with Crippen LogP contribution in [0.5, 0.6) is 0 Å². The zero-order valence-corrected chi connectivity index (χ0v) is 12.6. The quantitative estimate of drug-likeness (QED) is 0.846. The van der Waals surface area contributed by atoms with Crippen molar-refractivity contribution in [3.05, 3.63) is 29.8 Å². The van der Waals surface area contributed by atoms with Gasteiger partial charge in [-0.25, -0.2) is 0 Å². The second kappa shape index (κ2) is 5.79. The van der Waals surface area contributed by atoms with Crippen LogP contribution in [0.4, 0.5) is 0 Å². The number of nitrogens with one attached hydrogen (secondary N) is 1. The van der Waals surface area contributed by atoms with Gasteiger partial charge in [-0.15, -0.1) is 0 Å². The van der Waals surface area contributed by atoms with Gasteiger partial charge in [-0.05, 0) is 32.9 Å². The van der Waals surface area contributed by atoms with E-state index in [0.717, 1.165) is 5.56 Å². The molecule has 1 aromatic carbocycles. The van der Waals surface area contributed by atoms with Gasteiger partial charge in [0.05, 0.1) is 24.2 Å². The summed E-state index contributed by atoms with van der Waals surface area (Å²) in [6.45, 7) is 5.68. The molecular formula is C13H19NO5S. The number of hydroxylamine groups is 1. The van der Waals surface area contributed by atoms with Gasteiger partial charge in [-0.2, -0.15) is 13.9 Å². The Balaban J connectivity index is 1.92. The van der Waals surface area contributed by atoms with Gasteiger partial charge in [0, 0.05) is 0 Å². The molecule has 1 fully saturated rings. The second-order valence-corrected chi connectivity index (χ2v) is 6.79. The monoisotopic (exact) mass is 301 g/mol. The Morgan fingerprint density at radius 1 is 1.35 bits per heavy atom. The van der Waals surface area contributed by atoms with Crippen molar-refractivity contribution < 1.29 is 22.2 Å². The third-order valence-corrected chi connectivity index (χ3v) is 4.13. The highest BCUT2D eigenvalue weighted by atomic mass is 32.2. The number of ether oxygens (including phenoxy) is 1. The van der Waals surface area contributed by atoms with Crippen molar-refractivity contribution in [3.63, 3.8) is 0 Å². The third-order valence-electron chi connectivity index (χ3n) is 2.84. The highest BCUT2D eigenvalue weighted by Gasteiger charge is 2.29. The predicted octanol–water partition coefficient (Wildman–Crippen LogP) is 1.36. The largest absolute Gasteiger partial charge is 0.347 e. The average molecular weight is 301 g/mol. The van der Waals surface area contributed by atoms with E-state index >= 15 is 0 Å². The first-order chi connectivity index (χ1) is 9.28. The molecule has 1 saturated heterocycles. The second-order valence-electron chi connectivity index (χ2n) is 5.18. The minimum Gasteiger partial charge on any atom is -0.347 e. The Bertz CT molecular complexity index is 543. The molecule has 1 aromatic rings. The molecule has 0 amide bonds. The first kappa shape index (κ1) is 15.4. The lowest BCUT2D eigenvalue weighted by atomic mass is 10.2. The molecule has 0 bridgehead atoms. The van der Waals surface area contributed by atoms with E-state index in [1.54, 1.807) is 26.0 Å². The van der Waals surface area contributed by atoms with Gasteiger partial charge in [0.15, 0.2) is 5.79 Å². The van der Waals surface area contributed by atoms with E-state index in [0.29, 0.717) is 6.61 Å². The normalized spacial score (nSPS) is 22.6. The molecule has 7 heteroatoms. The summed E-state index contributed by atoms with van der Waals surface area (Å²) >= 11 is 0. The molecule has 0 spiro atoms. The molecule has 0 radical (unpaired) electrons. The van der Waals surface area contributed by atoms with Gasteiger partial charge in [0.1, 0.15) is 0 Å². The fraction of sp³-hybridized carbons (Fsp3) is 0.538. The van der Waals surface area contributed by atoms with Crippen LogP contribution in [-0.2, 0) is 23.9 Å². The van der Waals surface area contributed by atoms with Gasteiger partial charge in [0.2, 0.25) is 0 Å². The summed E-state index contributed by atoms with van der Waals surface area (Å²) in [6.07, 6.45) is 0. The summed E-state index contributed by atoms with van der Waals surface area (Å²) in [5.74, 6) is -0.716. The predicted molar refractivity (Wildman–Crippen MR) is 72.4 cm³/mol. The maximum absolute atomic E-state index is 12.0. The van der Waals surface area contributed by atoms with Crippen LogP contribution in [0.1, 0.15) is 19.4 Å². The van der Waals surface area contributed by atoms with Crippen LogP contribution in [0.2, 0.25) is 0 Å². The minimum atomic E-state index is -3.76. The third kappa shape index (κ3) is 4.00. The van der Waals surface area contributed by atoms with E-state index in [1.165, 1.54) is 12.1 Å². The molecule has 1 atom stereocenters. The van der Waals surface area contributed by atoms with Crippen LogP contribution in [-0.4, -0.2) is 33.5 Å². The number of hydrogen-bond donors (Lipinski definition) is 1. The average Bonchev–Trinajstić information content (AvgIpc) is 2.38. The molecule has 0 saturated carbocycles. The van der Waals surface area contributed by atoms with Crippen molar-refractivity contribution in [1.82, 2.24) is 5.48 Å². The molecule has 20 heavy (non-hydrogen) atoms. The summed E-state index contributed by atoms with van der Waals surface area (Å²) in [6, 6.07) is 6.17. The van der Waals surface area contributed by atoms with E-state index < -0.39 is 15.9 Å². The van der Waals surface area contributed by atoms with Crippen molar-refractivity contribution in [2.24, 2.45) is 0 Å². The van der Waals surface area contributed by atoms with Crippen molar-refractivity contribution in [2.45, 2.75) is 37.5 Å². The lowest BCUT2D eigenvalue weighted by Gasteiger charge is -2.34. The van der Waals surface area contributed by atoms with E-state index in [9.17, 15) is 8.42 Å². The van der Waals surface area contributed by atoms with Crippen LogP contribution in [0, 0.1) is 6.92 Å². The van der Waals surface area contributed by atoms with E-state index in [1.807, 2.05) is 6.92 Å². The molecule has 1 heterocycles. The first-order valence-electron chi connectivity index (χ1n) is 6.32.